The van der Waals surface area contributed by atoms with Gasteiger partial charge in [-0.15, -0.1) is 0 Å². The van der Waals surface area contributed by atoms with Crippen molar-refractivity contribution in [2.45, 2.75) is 25.9 Å². The minimum Gasteiger partial charge on any atom is -0.388 e. The fourth-order valence-electron chi connectivity index (χ4n) is 1.71. The number of nitrogens with two attached hydrogens (primary N) is 1. The van der Waals surface area contributed by atoms with Gasteiger partial charge in [-0.3, -0.25) is 0 Å². The standard InChI is InChI=1S/C13H16FN3O2/c1-8-3-9(5-10(14)4-8)12-16-11(19-17-12)6-13(2,18)7-15/h3-5,18H,6-7,15H2,1-2H3. The number of halogens is 1. The van der Waals surface area contributed by atoms with Crippen LogP contribution in [0.3, 0.4) is 0 Å². The van der Waals surface area contributed by atoms with Gasteiger partial charge in [0.2, 0.25) is 11.7 Å². The molecule has 19 heavy (non-hydrogen) atoms. The fourth-order valence-corrected chi connectivity index (χ4v) is 1.71. The van der Waals surface area contributed by atoms with Crippen LogP contribution in [-0.4, -0.2) is 27.4 Å². The quantitative estimate of drug-likeness (QED) is 0.873. The second-order valence-corrected chi connectivity index (χ2v) is 4.91. The van der Waals surface area contributed by atoms with Gasteiger partial charge in [0.15, 0.2) is 0 Å². The maximum Gasteiger partial charge on any atom is 0.229 e. The van der Waals surface area contributed by atoms with E-state index >= 15 is 0 Å². The lowest BCUT2D eigenvalue weighted by Gasteiger charge is -2.17. The predicted molar refractivity (Wildman–Crippen MR) is 67.8 cm³/mol. The molecule has 0 radical (unpaired) electrons. The van der Waals surface area contributed by atoms with E-state index in [1.807, 2.05) is 0 Å². The van der Waals surface area contributed by atoms with E-state index < -0.39 is 5.60 Å². The lowest BCUT2D eigenvalue weighted by molar-refractivity contribution is 0.0610. The summed E-state index contributed by atoms with van der Waals surface area (Å²) in [5.41, 5.74) is 5.64. The third-order valence-electron chi connectivity index (χ3n) is 2.74. The first-order valence-corrected chi connectivity index (χ1v) is 5.92. The van der Waals surface area contributed by atoms with E-state index in [0.29, 0.717) is 11.4 Å². The molecule has 0 aliphatic heterocycles. The SMILES string of the molecule is Cc1cc(F)cc(-c2noc(CC(C)(O)CN)n2)c1. The lowest BCUT2D eigenvalue weighted by Crippen LogP contribution is -2.36. The van der Waals surface area contributed by atoms with Crippen LogP contribution in [0.4, 0.5) is 4.39 Å². The summed E-state index contributed by atoms with van der Waals surface area (Å²) >= 11 is 0. The summed E-state index contributed by atoms with van der Waals surface area (Å²) < 4.78 is 18.3. The molecule has 1 unspecified atom stereocenters. The van der Waals surface area contributed by atoms with Crippen molar-refractivity contribution < 1.29 is 14.0 Å². The third-order valence-corrected chi connectivity index (χ3v) is 2.74. The van der Waals surface area contributed by atoms with E-state index in [-0.39, 0.29) is 24.7 Å². The molecule has 2 aromatic rings. The Balaban J connectivity index is 2.25. The van der Waals surface area contributed by atoms with Crippen molar-refractivity contribution in [2.24, 2.45) is 5.73 Å². The molecule has 0 saturated heterocycles. The van der Waals surface area contributed by atoms with Gasteiger partial charge in [-0.25, -0.2) is 4.39 Å². The van der Waals surface area contributed by atoms with Gasteiger partial charge < -0.3 is 15.4 Å². The van der Waals surface area contributed by atoms with Gasteiger partial charge in [0, 0.05) is 12.1 Å². The molecule has 1 heterocycles. The zero-order valence-corrected chi connectivity index (χ0v) is 10.9. The molecule has 0 amide bonds. The van der Waals surface area contributed by atoms with E-state index in [1.165, 1.54) is 12.1 Å². The van der Waals surface area contributed by atoms with E-state index in [1.54, 1.807) is 19.9 Å². The minimum atomic E-state index is -1.10. The molecule has 0 saturated carbocycles. The molecule has 1 aromatic carbocycles. The van der Waals surface area contributed by atoms with Crippen LogP contribution in [0.1, 0.15) is 18.4 Å². The molecular formula is C13H16FN3O2. The Morgan fingerprint density at radius 3 is 2.79 bits per heavy atom. The van der Waals surface area contributed by atoms with Gasteiger partial charge in [0.1, 0.15) is 5.82 Å². The first-order chi connectivity index (χ1) is 8.89. The average Bonchev–Trinajstić information content (AvgIpc) is 2.75. The largest absolute Gasteiger partial charge is 0.388 e. The Morgan fingerprint density at radius 1 is 1.42 bits per heavy atom. The highest BCUT2D eigenvalue weighted by molar-refractivity contribution is 5.55. The number of aliphatic hydroxyl groups is 1. The Kier molecular flexibility index (Phi) is 3.64. The van der Waals surface area contributed by atoms with Crippen molar-refractivity contribution in [1.82, 2.24) is 10.1 Å². The maximum absolute atomic E-state index is 13.3. The van der Waals surface area contributed by atoms with Crippen molar-refractivity contribution in [3.63, 3.8) is 0 Å². The Morgan fingerprint density at radius 2 is 2.16 bits per heavy atom. The molecule has 0 fully saturated rings. The summed E-state index contributed by atoms with van der Waals surface area (Å²) in [6, 6.07) is 4.52. The second-order valence-electron chi connectivity index (χ2n) is 4.91. The molecule has 3 N–H and O–H groups in total. The normalized spacial score (nSPS) is 14.4. The smallest absolute Gasteiger partial charge is 0.229 e. The Bertz CT molecular complexity index is 561. The topological polar surface area (TPSA) is 85.2 Å². The van der Waals surface area contributed by atoms with Crippen molar-refractivity contribution in [3.05, 3.63) is 35.5 Å². The monoisotopic (exact) mass is 265 g/mol. The van der Waals surface area contributed by atoms with Crippen LogP contribution in [-0.2, 0) is 6.42 Å². The molecule has 0 bridgehead atoms. The molecular weight excluding hydrogens is 249 g/mol. The Hall–Kier alpha value is -1.79. The predicted octanol–water partition coefficient (Wildman–Crippen LogP) is 1.44. The molecule has 5 nitrogen and oxygen atoms in total. The highest BCUT2D eigenvalue weighted by atomic mass is 19.1. The highest BCUT2D eigenvalue weighted by Crippen LogP contribution is 2.20. The van der Waals surface area contributed by atoms with Gasteiger partial charge in [-0.05, 0) is 37.6 Å². The van der Waals surface area contributed by atoms with Crippen LogP contribution in [0.5, 0.6) is 0 Å². The summed E-state index contributed by atoms with van der Waals surface area (Å²) in [6.07, 6.45) is 0.158. The zero-order valence-electron chi connectivity index (χ0n) is 10.9. The third kappa shape index (κ3) is 3.36. The first-order valence-electron chi connectivity index (χ1n) is 5.92. The van der Waals surface area contributed by atoms with E-state index in [9.17, 15) is 9.50 Å². The molecule has 6 heteroatoms. The zero-order chi connectivity index (χ0) is 14.0. The lowest BCUT2D eigenvalue weighted by atomic mass is 10.0. The number of aromatic nitrogens is 2. The summed E-state index contributed by atoms with van der Waals surface area (Å²) in [7, 11) is 0. The van der Waals surface area contributed by atoms with Gasteiger partial charge in [0.25, 0.3) is 0 Å². The molecule has 0 aliphatic carbocycles. The number of nitrogens with zero attached hydrogens (tertiary/aromatic N) is 2. The number of hydrogen-bond acceptors (Lipinski definition) is 5. The summed E-state index contributed by atoms with van der Waals surface area (Å²) in [5, 5.41) is 13.6. The molecule has 2 rings (SSSR count). The molecule has 0 aliphatic rings. The molecule has 1 atom stereocenters. The first kappa shape index (κ1) is 13.6. The van der Waals surface area contributed by atoms with Gasteiger partial charge in [-0.1, -0.05) is 5.16 Å². The highest BCUT2D eigenvalue weighted by Gasteiger charge is 2.23. The summed E-state index contributed by atoms with van der Waals surface area (Å²) in [5.74, 6) is 0.216. The number of aryl methyl sites for hydroxylation is 1. The average molecular weight is 265 g/mol. The number of benzene rings is 1. The van der Waals surface area contributed by atoms with E-state index in [4.69, 9.17) is 10.3 Å². The molecule has 0 spiro atoms. The summed E-state index contributed by atoms with van der Waals surface area (Å²) in [6.45, 7) is 3.46. The number of rotatable bonds is 4. The minimum absolute atomic E-state index is 0.0871. The van der Waals surface area contributed by atoms with Crippen LogP contribution in [0.15, 0.2) is 22.7 Å². The number of hydrogen-bond donors (Lipinski definition) is 2. The van der Waals surface area contributed by atoms with Crippen LogP contribution in [0.2, 0.25) is 0 Å². The van der Waals surface area contributed by atoms with E-state index in [0.717, 1.165) is 5.56 Å². The van der Waals surface area contributed by atoms with Crippen molar-refractivity contribution in [2.75, 3.05) is 6.54 Å². The fraction of sp³-hybridized carbons (Fsp3) is 0.385. The van der Waals surface area contributed by atoms with Crippen LogP contribution in [0, 0.1) is 12.7 Å². The van der Waals surface area contributed by atoms with Crippen molar-refractivity contribution >= 4 is 0 Å². The Labute approximate surface area is 110 Å². The van der Waals surface area contributed by atoms with Crippen molar-refractivity contribution in [3.8, 4) is 11.4 Å². The van der Waals surface area contributed by atoms with Gasteiger partial charge in [-0.2, -0.15) is 4.98 Å². The van der Waals surface area contributed by atoms with Gasteiger partial charge >= 0.3 is 0 Å². The maximum atomic E-state index is 13.3. The van der Waals surface area contributed by atoms with Crippen LogP contribution >= 0.6 is 0 Å². The van der Waals surface area contributed by atoms with Crippen LogP contribution < -0.4 is 5.73 Å². The van der Waals surface area contributed by atoms with Gasteiger partial charge in [0.05, 0.1) is 12.0 Å². The van der Waals surface area contributed by atoms with Crippen molar-refractivity contribution in [1.29, 1.82) is 0 Å². The second kappa shape index (κ2) is 5.07. The van der Waals surface area contributed by atoms with Crippen LogP contribution in [0.25, 0.3) is 11.4 Å². The molecule has 102 valence electrons. The molecule has 1 aromatic heterocycles. The van der Waals surface area contributed by atoms with E-state index in [2.05, 4.69) is 10.1 Å². The summed E-state index contributed by atoms with van der Waals surface area (Å²) in [4.78, 5) is 4.14.